The molecule has 0 aromatic heterocycles. The zero-order valence-electron chi connectivity index (χ0n) is 16.7. The van der Waals surface area contributed by atoms with E-state index in [4.69, 9.17) is 15.0 Å². The Morgan fingerprint density at radius 3 is 1.94 bits per heavy atom. The monoisotopic (exact) mass is 524 g/mol. The van der Waals surface area contributed by atoms with Crippen LogP contribution in [0.4, 0.5) is 32.0 Å². The number of anilines is 1. The van der Waals surface area contributed by atoms with Gasteiger partial charge in [-0.1, -0.05) is 21.6 Å². The van der Waals surface area contributed by atoms with Crippen molar-refractivity contribution >= 4 is 51.0 Å². The minimum atomic E-state index is -5.08. The van der Waals surface area contributed by atoms with E-state index >= 15 is 0 Å². The standard InChI is InChI=1S/C15H17F3N2O4S2.C2HF3O2/c1-9(21)20-12-7-10(6-11(8-12)15(16,17)18)14(24)19-3-5-26-25-4-2-13(22)23;3-2(4,5)1(6)7/h6-8H,2-5H2,1H3,(H,19,24)(H,20,21)(H,22,23);(H,6,7). The Morgan fingerprint density at radius 2 is 1.48 bits per heavy atom. The maximum Gasteiger partial charge on any atom is 0.490 e. The second-order valence-corrected chi connectivity index (χ2v) is 8.53. The average molecular weight is 524 g/mol. The van der Waals surface area contributed by atoms with Gasteiger partial charge in [0.2, 0.25) is 5.91 Å². The first kappa shape index (κ1) is 30.4. The number of aliphatic carboxylic acids is 2. The fourth-order valence-electron chi connectivity index (χ4n) is 1.75. The summed E-state index contributed by atoms with van der Waals surface area (Å²) < 4.78 is 70.6. The van der Waals surface area contributed by atoms with Gasteiger partial charge in [-0.25, -0.2) is 4.79 Å². The van der Waals surface area contributed by atoms with Gasteiger partial charge >= 0.3 is 24.3 Å². The number of carbonyl (C=O) groups excluding carboxylic acids is 2. The van der Waals surface area contributed by atoms with Crippen molar-refractivity contribution in [3.8, 4) is 0 Å². The van der Waals surface area contributed by atoms with Crippen LogP contribution in [-0.4, -0.2) is 58.2 Å². The van der Waals surface area contributed by atoms with Gasteiger partial charge in [-0.05, 0) is 18.2 Å². The molecule has 0 spiro atoms. The Kier molecular flexibility index (Phi) is 12.7. The summed E-state index contributed by atoms with van der Waals surface area (Å²) in [5.41, 5.74) is -1.37. The number of carbonyl (C=O) groups is 4. The van der Waals surface area contributed by atoms with Crippen LogP contribution in [0.3, 0.4) is 0 Å². The molecule has 0 saturated carbocycles. The van der Waals surface area contributed by atoms with E-state index in [-0.39, 0.29) is 24.2 Å². The molecule has 1 rings (SSSR count). The number of halogens is 6. The lowest BCUT2D eigenvalue weighted by Gasteiger charge is -2.12. The zero-order chi connectivity index (χ0) is 25.8. The van der Waals surface area contributed by atoms with Crippen LogP contribution in [0.25, 0.3) is 0 Å². The third kappa shape index (κ3) is 14.2. The van der Waals surface area contributed by atoms with Crippen molar-refractivity contribution in [3.05, 3.63) is 29.3 Å². The van der Waals surface area contributed by atoms with Crippen molar-refractivity contribution in [2.45, 2.75) is 25.7 Å². The van der Waals surface area contributed by atoms with Crippen molar-refractivity contribution in [2.75, 3.05) is 23.4 Å². The predicted octanol–water partition coefficient (Wildman–Crippen LogP) is 3.88. The number of carboxylic acids is 2. The van der Waals surface area contributed by atoms with Gasteiger partial charge in [0.05, 0.1) is 12.0 Å². The molecule has 0 aliphatic carbocycles. The average Bonchev–Trinajstić information content (AvgIpc) is 2.65. The zero-order valence-corrected chi connectivity index (χ0v) is 18.3. The van der Waals surface area contributed by atoms with Crippen molar-refractivity contribution in [2.24, 2.45) is 0 Å². The van der Waals surface area contributed by atoms with Crippen LogP contribution in [0.5, 0.6) is 0 Å². The number of amides is 2. The molecule has 0 aliphatic rings. The van der Waals surface area contributed by atoms with E-state index in [2.05, 4.69) is 10.6 Å². The van der Waals surface area contributed by atoms with E-state index in [9.17, 15) is 40.7 Å². The number of carboxylic acid groups (broad SMARTS) is 2. The van der Waals surface area contributed by atoms with E-state index in [1.807, 2.05) is 0 Å². The first-order valence-corrected chi connectivity index (χ1v) is 11.1. The van der Waals surface area contributed by atoms with Gasteiger partial charge in [-0.3, -0.25) is 14.4 Å². The largest absolute Gasteiger partial charge is 0.490 e. The van der Waals surface area contributed by atoms with E-state index in [0.717, 1.165) is 19.1 Å². The lowest BCUT2D eigenvalue weighted by Crippen LogP contribution is -2.26. The van der Waals surface area contributed by atoms with Gasteiger partial charge in [-0.2, -0.15) is 26.3 Å². The minimum absolute atomic E-state index is 0.0280. The Bertz CT molecular complexity index is 848. The van der Waals surface area contributed by atoms with Crippen LogP contribution < -0.4 is 10.6 Å². The second kappa shape index (κ2) is 13.8. The molecule has 8 nitrogen and oxygen atoms in total. The third-order valence-corrected chi connectivity index (χ3v) is 5.45. The topological polar surface area (TPSA) is 133 Å². The molecule has 0 saturated heterocycles. The van der Waals surface area contributed by atoms with Gasteiger partial charge in [0, 0.05) is 36.2 Å². The quantitative estimate of drug-likeness (QED) is 0.217. The summed E-state index contributed by atoms with van der Waals surface area (Å²) in [6, 6.07) is 2.64. The first-order chi connectivity index (χ1) is 15.0. The van der Waals surface area contributed by atoms with Crippen LogP contribution >= 0.6 is 21.6 Å². The second-order valence-electron chi connectivity index (χ2n) is 5.82. The Hall–Kier alpha value is -2.62. The number of alkyl halides is 6. The first-order valence-electron chi connectivity index (χ1n) is 8.58. The third-order valence-electron chi connectivity index (χ3n) is 3.04. The molecule has 186 valence electrons. The number of hydrogen-bond donors (Lipinski definition) is 4. The molecule has 16 heteroatoms. The smallest absolute Gasteiger partial charge is 0.481 e. The van der Waals surface area contributed by atoms with Crippen LogP contribution in [0.15, 0.2) is 18.2 Å². The molecule has 4 N–H and O–H groups in total. The van der Waals surface area contributed by atoms with E-state index in [0.29, 0.717) is 11.5 Å². The van der Waals surface area contributed by atoms with Crippen LogP contribution in [0, 0.1) is 0 Å². The normalized spacial score (nSPS) is 11.1. The van der Waals surface area contributed by atoms with Crippen molar-refractivity contribution < 1.29 is 55.7 Å². The molecular weight excluding hydrogens is 506 g/mol. The minimum Gasteiger partial charge on any atom is -0.481 e. The van der Waals surface area contributed by atoms with E-state index < -0.39 is 41.7 Å². The molecule has 0 unspecified atom stereocenters. The summed E-state index contributed by atoms with van der Waals surface area (Å²) in [4.78, 5) is 42.4. The molecule has 1 aromatic carbocycles. The Morgan fingerprint density at radius 1 is 0.939 bits per heavy atom. The molecular formula is C17H18F6N2O6S2. The maximum atomic E-state index is 12.9. The molecule has 0 bridgehead atoms. The molecule has 0 atom stereocenters. The Balaban J connectivity index is 0.00000126. The molecule has 0 radical (unpaired) electrons. The van der Waals surface area contributed by atoms with Crippen LogP contribution in [-0.2, 0) is 20.6 Å². The van der Waals surface area contributed by atoms with Gasteiger partial charge in [0.1, 0.15) is 0 Å². The number of hydrogen-bond acceptors (Lipinski definition) is 6. The Labute approximate surface area is 190 Å². The lowest BCUT2D eigenvalue weighted by atomic mass is 10.1. The summed E-state index contributed by atoms with van der Waals surface area (Å²) >= 11 is 0. The van der Waals surface area contributed by atoms with E-state index in [1.165, 1.54) is 27.7 Å². The predicted molar refractivity (Wildman–Crippen MR) is 109 cm³/mol. The molecule has 33 heavy (non-hydrogen) atoms. The van der Waals surface area contributed by atoms with Gasteiger partial charge in [0.25, 0.3) is 5.91 Å². The molecule has 0 heterocycles. The van der Waals surface area contributed by atoms with E-state index in [1.54, 1.807) is 0 Å². The van der Waals surface area contributed by atoms with Crippen molar-refractivity contribution in [1.29, 1.82) is 0 Å². The van der Waals surface area contributed by atoms with Gasteiger partial charge in [-0.15, -0.1) is 0 Å². The van der Waals surface area contributed by atoms with Gasteiger partial charge in [0.15, 0.2) is 0 Å². The molecule has 0 aliphatic heterocycles. The van der Waals surface area contributed by atoms with Crippen molar-refractivity contribution in [3.63, 3.8) is 0 Å². The highest BCUT2D eigenvalue weighted by Crippen LogP contribution is 2.32. The number of benzene rings is 1. The molecule has 0 fully saturated rings. The van der Waals surface area contributed by atoms with Crippen LogP contribution in [0.2, 0.25) is 0 Å². The highest BCUT2D eigenvalue weighted by atomic mass is 33.1. The lowest BCUT2D eigenvalue weighted by molar-refractivity contribution is -0.192. The van der Waals surface area contributed by atoms with Gasteiger partial charge < -0.3 is 20.8 Å². The highest BCUT2D eigenvalue weighted by Gasteiger charge is 2.38. The van der Waals surface area contributed by atoms with Crippen LogP contribution in [0.1, 0.15) is 29.3 Å². The summed E-state index contributed by atoms with van der Waals surface area (Å²) in [6.45, 7) is 1.36. The molecule has 2 amide bonds. The summed E-state index contributed by atoms with van der Waals surface area (Å²) in [5.74, 6) is -4.02. The van der Waals surface area contributed by atoms with Crippen molar-refractivity contribution in [1.82, 2.24) is 5.32 Å². The summed E-state index contributed by atoms with van der Waals surface area (Å²) in [7, 11) is 2.69. The number of nitrogens with one attached hydrogen (secondary N) is 2. The SMILES string of the molecule is CC(=O)Nc1cc(C(=O)NCCSSCCC(=O)O)cc(C(F)(F)F)c1.O=C(O)C(F)(F)F. The molecule has 1 aromatic rings. The highest BCUT2D eigenvalue weighted by molar-refractivity contribution is 8.76. The summed E-state index contributed by atoms with van der Waals surface area (Å²) in [5, 5.41) is 20.3. The fraction of sp³-hybridized carbons (Fsp3) is 0.412. The summed E-state index contributed by atoms with van der Waals surface area (Å²) in [6.07, 6.45) is -9.71. The number of rotatable bonds is 9. The maximum absolute atomic E-state index is 12.9. The fourth-order valence-corrected chi connectivity index (χ4v) is 3.64.